The molecule has 0 spiro atoms. The molecule has 0 aliphatic rings. The minimum Gasteiger partial charge on any atom is -0.370 e. The van der Waals surface area contributed by atoms with Gasteiger partial charge in [0, 0.05) is 11.0 Å². The monoisotopic (exact) mass is 317 g/mol. The Kier molecular flexibility index (Phi) is 5.24. The highest BCUT2D eigenvalue weighted by atomic mass is 79.9. The molecule has 5 nitrogen and oxygen atoms in total. The van der Waals surface area contributed by atoms with E-state index in [0.717, 1.165) is 16.5 Å². The summed E-state index contributed by atoms with van der Waals surface area (Å²) in [4.78, 5) is 7.62. The molecule has 0 atom stereocenters. The predicted molar refractivity (Wildman–Crippen MR) is 75.2 cm³/mol. The standard InChI is InChI=1S/C10H13BrClN5/c11-7-5-6(1-2-8(7)12)3-4-16-10(15)17-9(13)14/h1-2,5H,3-4H2,(H6,13,14,15,16,17). The molecule has 0 aromatic heterocycles. The Balaban J connectivity index is 2.56. The highest BCUT2D eigenvalue weighted by Gasteiger charge is 1.98. The number of guanidine groups is 2. The molecule has 7 heteroatoms. The van der Waals surface area contributed by atoms with Gasteiger partial charge in [0.15, 0.2) is 5.96 Å². The molecule has 0 aliphatic carbocycles. The van der Waals surface area contributed by atoms with Crippen molar-refractivity contribution in [3.63, 3.8) is 0 Å². The van der Waals surface area contributed by atoms with Gasteiger partial charge < -0.3 is 17.2 Å². The van der Waals surface area contributed by atoms with Crippen molar-refractivity contribution in [3.8, 4) is 0 Å². The molecule has 0 fully saturated rings. The SMILES string of the molecule is NC(N)=NC(N)=NCCc1ccc(Cl)c(Br)c1. The van der Waals surface area contributed by atoms with Crippen LogP contribution in [0.5, 0.6) is 0 Å². The molecule has 0 aliphatic heterocycles. The molecule has 0 saturated carbocycles. The van der Waals surface area contributed by atoms with Crippen LogP contribution in [0.15, 0.2) is 32.7 Å². The lowest BCUT2D eigenvalue weighted by atomic mass is 10.1. The Hall–Kier alpha value is -1.27. The van der Waals surface area contributed by atoms with Crippen molar-refractivity contribution >= 4 is 39.4 Å². The van der Waals surface area contributed by atoms with Gasteiger partial charge in [-0.3, -0.25) is 4.99 Å². The van der Waals surface area contributed by atoms with E-state index in [4.69, 9.17) is 28.8 Å². The Bertz CT molecular complexity index is 454. The number of hydrogen-bond donors (Lipinski definition) is 3. The summed E-state index contributed by atoms with van der Waals surface area (Å²) >= 11 is 9.23. The zero-order valence-corrected chi connectivity index (χ0v) is 11.4. The Labute approximate surface area is 113 Å². The van der Waals surface area contributed by atoms with E-state index in [1.54, 1.807) is 0 Å². The number of hydrogen-bond acceptors (Lipinski definition) is 1. The summed E-state index contributed by atoms with van der Waals surface area (Å²) < 4.78 is 0.859. The molecule has 0 unspecified atom stereocenters. The van der Waals surface area contributed by atoms with E-state index in [2.05, 4.69) is 25.9 Å². The molecule has 1 aromatic carbocycles. The van der Waals surface area contributed by atoms with Crippen molar-refractivity contribution < 1.29 is 0 Å². The number of nitrogens with two attached hydrogens (primary N) is 3. The number of halogens is 2. The zero-order valence-electron chi connectivity index (χ0n) is 9.03. The van der Waals surface area contributed by atoms with Crippen molar-refractivity contribution in [3.05, 3.63) is 33.3 Å². The molecular weight excluding hydrogens is 306 g/mol. The van der Waals surface area contributed by atoms with Crippen LogP contribution < -0.4 is 17.2 Å². The summed E-state index contributed by atoms with van der Waals surface area (Å²) in [5.41, 5.74) is 16.9. The van der Waals surface area contributed by atoms with Crippen molar-refractivity contribution in [1.29, 1.82) is 0 Å². The lowest BCUT2D eigenvalue weighted by molar-refractivity contribution is 0.961. The summed E-state index contributed by atoms with van der Waals surface area (Å²) in [7, 11) is 0. The maximum atomic E-state index is 5.88. The number of benzene rings is 1. The third kappa shape index (κ3) is 5.06. The lowest BCUT2D eigenvalue weighted by Crippen LogP contribution is -2.26. The van der Waals surface area contributed by atoms with Gasteiger partial charge in [-0.1, -0.05) is 17.7 Å². The van der Waals surface area contributed by atoms with E-state index >= 15 is 0 Å². The summed E-state index contributed by atoms with van der Waals surface area (Å²) in [5.74, 6) is -0.0153. The molecule has 1 aromatic rings. The lowest BCUT2D eigenvalue weighted by Gasteiger charge is -2.01. The fourth-order valence-corrected chi connectivity index (χ4v) is 1.71. The zero-order chi connectivity index (χ0) is 12.8. The number of aliphatic imine (C=N–C) groups is 2. The van der Waals surface area contributed by atoms with Gasteiger partial charge in [0.25, 0.3) is 0 Å². The van der Waals surface area contributed by atoms with Crippen LogP contribution in [0.25, 0.3) is 0 Å². The van der Waals surface area contributed by atoms with E-state index in [0.29, 0.717) is 11.6 Å². The van der Waals surface area contributed by atoms with Crippen LogP contribution in [-0.4, -0.2) is 18.5 Å². The molecule has 0 bridgehead atoms. The first-order valence-corrected chi connectivity index (χ1v) is 5.99. The van der Waals surface area contributed by atoms with Gasteiger partial charge in [0.05, 0.1) is 5.02 Å². The van der Waals surface area contributed by atoms with Crippen LogP contribution in [0.2, 0.25) is 5.02 Å². The second-order valence-electron chi connectivity index (χ2n) is 3.28. The van der Waals surface area contributed by atoms with Crippen LogP contribution in [0.4, 0.5) is 0 Å². The topological polar surface area (TPSA) is 103 Å². The molecule has 0 radical (unpaired) electrons. The smallest absolute Gasteiger partial charge is 0.218 e. The quantitative estimate of drug-likeness (QED) is 0.577. The van der Waals surface area contributed by atoms with Crippen molar-refractivity contribution in [1.82, 2.24) is 0 Å². The largest absolute Gasteiger partial charge is 0.370 e. The van der Waals surface area contributed by atoms with Crippen LogP contribution in [-0.2, 0) is 6.42 Å². The highest BCUT2D eigenvalue weighted by Crippen LogP contribution is 2.23. The second kappa shape index (κ2) is 6.46. The third-order valence-electron chi connectivity index (χ3n) is 1.90. The van der Waals surface area contributed by atoms with E-state index in [-0.39, 0.29) is 11.9 Å². The molecule has 92 valence electrons. The predicted octanol–water partition coefficient (Wildman–Crippen LogP) is 1.23. The van der Waals surface area contributed by atoms with Crippen LogP contribution in [0.3, 0.4) is 0 Å². The van der Waals surface area contributed by atoms with Gasteiger partial charge in [-0.05, 0) is 40.0 Å². The molecule has 0 amide bonds. The highest BCUT2D eigenvalue weighted by molar-refractivity contribution is 9.10. The Morgan fingerprint density at radius 1 is 1.29 bits per heavy atom. The van der Waals surface area contributed by atoms with Crippen molar-refractivity contribution in [2.24, 2.45) is 27.2 Å². The van der Waals surface area contributed by atoms with Crippen LogP contribution >= 0.6 is 27.5 Å². The van der Waals surface area contributed by atoms with E-state index in [1.165, 1.54) is 0 Å². The van der Waals surface area contributed by atoms with Gasteiger partial charge in [0.1, 0.15) is 0 Å². The molecule has 17 heavy (non-hydrogen) atoms. The van der Waals surface area contributed by atoms with Crippen molar-refractivity contribution in [2.75, 3.05) is 6.54 Å². The average molecular weight is 319 g/mol. The van der Waals surface area contributed by atoms with E-state index in [1.807, 2.05) is 18.2 Å². The maximum absolute atomic E-state index is 5.88. The fraction of sp³-hybridized carbons (Fsp3) is 0.200. The normalized spacial score (nSPS) is 11.3. The second-order valence-corrected chi connectivity index (χ2v) is 4.54. The third-order valence-corrected chi connectivity index (χ3v) is 3.12. The van der Waals surface area contributed by atoms with Gasteiger partial charge in [-0.2, -0.15) is 4.99 Å². The minimum atomic E-state index is -0.0968. The number of nitrogens with zero attached hydrogens (tertiary/aromatic N) is 2. The summed E-state index contributed by atoms with van der Waals surface area (Å²) in [5, 5.41) is 0.678. The minimum absolute atomic E-state index is 0.0815. The van der Waals surface area contributed by atoms with E-state index in [9.17, 15) is 0 Å². The van der Waals surface area contributed by atoms with Crippen LogP contribution in [0.1, 0.15) is 5.56 Å². The van der Waals surface area contributed by atoms with E-state index < -0.39 is 0 Å². The van der Waals surface area contributed by atoms with Gasteiger partial charge in [-0.25, -0.2) is 0 Å². The first-order chi connectivity index (χ1) is 7.99. The van der Waals surface area contributed by atoms with Crippen LogP contribution in [0, 0.1) is 0 Å². The van der Waals surface area contributed by atoms with Gasteiger partial charge in [0.2, 0.25) is 5.96 Å². The summed E-state index contributed by atoms with van der Waals surface area (Å²) in [6.45, 7) is 0.511. The molecule has 0 heterocycles. The summed E-state index contributed by atoms with van der Waals surface area (Å²) in [6.07, 6.45) is 0.733. The van der Waals surface area contributed by atoms with Crippen molar-refractivity contribution in [2.45, 2.75) is 6.42 Å². The fourth-order valence-electron chi connectivity index (χ4n) is 1.16. The first kappa shape index (κ1) is 13.8. The summed E-state index contributed by atoms with van der Waals surface area (Å²) in [6, 6.07) is 5.69. The average Bonchev–Trinajstić information content (AvgIpc) is 2.22. The molecule has 1 rings (SSSR count). The Morgan fingerprint density at radius 3 is 2.59 bits per heavy atom. The molecule has 6 N–H and O–H groups in total. The van der Waals surface area contributed by atoms with Gasteiger partial charge >= 0.3 is 0 Å². The van der Waals surface area contributed by atoms with Gasteiger partial charge in [-0.15, -0.1) is 0 Å². The number of rotatable bonds is 3. The molecular formula is C10H13BrClN5. The first-order valence-electron chi connectivity index (χ1n) is 4.82. The maximum Gasteiger partial charge on any atom is 0.218 e. The Morgan fingerprint density at radius 2 is 2.00 bits per heavy atom. The molecule has 0 saturated heterocycles.